The Kier molecular flexibility index (Phi) is 8.58. The van der Waals surface area contributed by atoms with Gasteiger partial charge in [-0.1, -0.05) is 78.4 Å². The van der Waals surface area contributed by atoms with Gasteiger partial charge in [-0.15, -0.1) is 0 Å². The lowest BCUT2D eigenvalue weighted by molar-refractivity contribution is 0.198. The van der Waals surface area contributed by atoms with Gasteiger partial charge in [-0.25, -0.2) is 0 Å². The van der Waals surface area contributed by atoms with Crippen molar-refractivity contribution in [3.8, 4) is 16.9 Å². The van der Waals surface area contributed by atoms with Gasteiger partial charge in [0.2, 0.25) is 0 Å². The molecule has 0 saturated carbocycles. The van der Waals surface area contributed by atoms with Crippen LogP contribution in [0.1, 0.15) is 64.6 Å². The van der Waals surface area contributed by atoms with Crippen molar-refractivity contribution in [3.63, 3.8) is 0 Å². The van der Waals surface area contributed by atoms with Gasteiger partial charge in [0, 0.05) is 19.6 Å². The van der Waals surface area contributed by atoms with Gasteiger partial charge in [-0.2, -0.15) is 0 Å². The van der Waals surface area contributed by atoms with E-state index in [0.717, 1.165) is 51.1 Å². The number of benzene rings is 4. The summed E-state index contributed by atoms with van der Waals surface area (Å²) in [5.74, 6) is 0.911. The number of aryl methyl sites for hydroxylation is 4. The Morgan fingerprint density at radius 3 is 2.36 bits per heavy atom. The molecule has 0 spiro atoms. The van der Waals surface area contributed by atoms with Crippen LogP contribution in [0.2, 0.25) is 0 Å². The first-order valence-corrected chi connectivity index (χ1v) is 15.6. The lowest BCUT2D eigenvalue weighted by Gasteiger charge is -2.20. The van der Waals surface area contributed by atoms with Crippen LogP contribution in [-0.2, 0) is 6.42 Å². The molecule has 6 rings (SSSR count). The van der Waals surface area contributed by atoms with E-state index in [-0.39, 0.29) is 12.8 Å². The van der Waals surface area contributed by atoms with E-state index in [1.54, 1.807) is 0 Å². The third-order valence-electron chi connectivity index (χ3n) is 9.00. The number of hydrogen-bond acceptors (Lipinski definition) is 2. The SMILES string of the molecule is Cc1ccc(C2=C(c3ccc(OC4CCN(CCCF)C4)cc3)c3ccc(-c4ccccc4C)cc3CCC2)c(C)c1. The number of fused-ring (bicyclic) bond motifs is 1. The molecule has 1 unspecified atom stereocenters. The van der Waals surface area contributed by atoms with Crippen LogP contribution in [0.3, 0.4) is 0 Å². The number of alkyl halides is 1. The first-order valence-electron chi connectivity index (χ1n) is 15.6. The van der Waals surface area contributed by atoms with Gasteiger partial charge in [0.25, 0.3) is 0 Å². The number of rotatable bonds is 8. The monoisotopic (exact) mass is 559 g/mol. The number of hydrogen-bond donors (Lipinski definition) is 0. The molecule has 3 heteroatoms. The van der Waals surface area contributed by atoms with Crippen molar-refractivity contribution in [2.24, 2.45) is 0 Å². The van der Waals surface area contributed by atoms with E-state index in [9.17, 15) is 4.39 Å². The fourth-order valence-corrected chi connectivity index (χ4v) is 6.88. The molecule has 0 amide bonds. The minimum absolute atomic E-state index is 0.166. The summed E-state index contributed by atoms with van der Waals surface area (Å²) in [5, 5.41) is 0. The summed E-state index contributed by atoms with van der Waals surface area (Å²) in [5.41, 5.74) is 14.7. The average Bonchev–Trinajstić information content (AvgIpc) is 3.35. The van der Waals surface area contributed by atoms with Crippen molar-refractivity contribution in [1.82, 2.24) is 4.90 Å². The molecule has 4 aromatic carbocycles. The zero-order valence-corrected chi connectivity index (χ0v) is 25.3. The van der Waals surface area contributed by atoms with Crippen LogP contribution in [0.5, 0.6) is 5.75 Å². The highest BCUT2D eigenvalue weighted by atomic mass is 19.1. The number of ether oxygens (including phenoxy) is 1. The molecule has 2 aliphatic rings. The van der Waals surface area contributed by atoms with Crippen LogP contribution >= 0.6 is 0 Å². The molecule has 2 nitrogen and oxygen atoms in total. The van der Waals surface area contributed by atoms with Crippen LogP contribution in [0.4, 0.5) is 4.39 Å². The quantitative estimate of drug-likeness (QED) is 0.213. The molecule has 1 fully saturated rings. The summed E-state index contributed by atoms with van der Waals surface area (Å²) >= 11 is 0. The second-order valence-electron chi connectivity index (χ2n) is 12.1. The van der Waals surface area contributed by atoms with E-state index < -0.39 is 0 Å². The molecule has 42 heavy (non-hydrogen) atoms. The molecule has 1 aliphatic heterocycles. The van der Waals surface area contributed by atoms with Crippen molar-refractivity contribution >= 4 is 11.1 Å². The second kappa shape index (κ2) is 12.7. The predicted molar refractivity (Wildman–Crippen MR) is 174 cm³/mol. The maximum atomic E-state index is 12.6. The van der Waals surface area contributed by atoms with E-state index in [2.05, 4.69) is 111 Å². The van der Waals surface area contributed by atoms with E-state index in [1.165, 1.54) is 61.2 Å². The zero-order chi connectivity index (χ0) is 29.1. The number of allylic oxidation sites excluding steroid dienone is 1. The fraction of sp³-hybridized carbons (Fsp3) is 0.333. The smallest absolute Gasteiger partial charge is 0.119 e. The van der Waals surface area contributed by atoms with Crippen molar-refractivity contribution in [2.45, 2.75) is 59.0 Å². The molecule has 0 radical (unpaired) electrons. The molecule has 1 heterocycles. The largest absolute Gasteiger partial charge is 0.489 e. The molecular formula is C39H42FNO. The number of halogens is 1. The summed E-state index contributed by atoms with van der Waals surface area (Å²) in [4.78, 5) is 2.31. The molecule has 0 bridgehead atoms. The fourth-order valence-electron chi connectivity index (χ4n) is 6.88. The van der Waals surface area contributed by atoms with Crippen LogP contribution in [-0.4, -0.2) is 37.3 Å². The van der Waals surface area contributed by atoms with Crippen molar-refractivity contribution in [2.75, 3.05) is 26.3 Å². The Hall–Kier alpha value is -3.69. The first-order chi connectivity index (χ1) is 20.5. The highest BCUT2D eigenvalue weighted by molar-refractivity contribution is 6.00. The topological polar surface area (TPSA) is 12.5 Å². The van der Waals surface area contributed by atoms with Gasteiger partial charge in [0.05, 0.1) is 6.67 Å². The summed E-state index contributed by atoms with van der Waals surface area (Å²) in [7, 11) is 0. The minimum Gasteiger partial charge on any atom is -0.489 e. The van der Waals surface area contributed by atoms with Crippen molar-refractivity contribution in [3.05, 3.63) is 124 Å². The van der Waals surface area contributed by atoms with Gasteiger partial charge in [0.1, 0.15) is 11.9 Å². The van der Waals surface area contributed by atoms with Gasteiger partial charge >= 0.3 is 0 Å². The molecule has 4 aromatic rings. The summed E-state index contributed by atoms with van der Waals surface area (Å²) in [6.07, 6.45) is 4.99. The molecule has 0 aromatic heterocycles. The highest BCUT2D eigenvalue weighted by Crippen LogP contribution is 2.42. The van der Waals surface area contributed by atoms with E-state index in [1.807, 2.05) is 0 Å². The number of nitrogens with zero attached hydrogens (tertiary/aromatic N) is 1. The Morgan fingerprint density at radius 1 is 0.786 bits per heavy atom. The Morgan fingerprint density at radius 2 is 1.57 bits per heavy atom. The summed E-state index contributed by atoms with van der Waals surface area (Å²) in [6, 6.07) is 31.4. The third-order valence-corrected chi connectivity index (χ3v) is 9.00. The lowest BCUT2D eigenvalue weighted by Crippen LogP contribution is -2.26. The maximum absolute atomic E-state index is 12.6. The van der Waals surface area contributed by atoms with Gasteiger partial charge < -0.3 is 4.74 Å². The normalized spacial score (nSPS) is 17.3. The molecule has 216 valence electrons. The predicted octanol–water partition coefficient (Wildman–Crippen LogP) is 9.39. The van der Waals surface area contributed by atoms with Crippen LogP contribution in [0.15, 0.2) is 84.9 Å². The Labute approximate surface area is 250 Å². The molecule has 1 saturated heterocycles. The first kappa shape index (κ1) is 28.4. The van der Waals surface area contributed by atoms with Crippen molar-refractivity contribution in [1.29, 1.82) is 0 Å². The van der Waals surface area contributed by atoms with Crippen LogP contribution < -0.4 is 4.74 Å². The van der Waals surface area contributed by atoms with Gasteiger partial charge in [-0.05, 0) is 121 Å². The van der Waals surface area contributed by atoms with Crippen LogP contribution in [0, 0.1) is 20.8 Å². The Balaban J connectivity index is 1.38. The van der Waals surface area contributed by atoms with E-state index >= 15 is 0 Å². The van der Waals surface area contributed by atoms with Crippen molar-refractivity contribution < 1.29 is 9.13 Å². The Bertz CT molecular complexity index is 1580. The molecule has 1 aliphatic carbocycles. The summed E-state index contributed by atoms with van der Waals surface area (Å²) < 4.78 is 19.0. The molecule has 1 atom stereocenters. The maximum Gasteiger partial charge on any atom is 0.119 e. The second-order valence-corrected chi connectivity index (χ2v) is 12.1. The zero-order valence-electron chi connectivity index (χ0n) is 25.3. The van der Waals surface area contributed by atoms with E-state index in [0.29, 0.717) is 6.42 Å². The third kappa shape index (κ3) is 6.08. The molecular weight excluding hydrogens is 517 g/mol. The average molecular weight is 560 g/mol. The molecule has 0 N–H and O–H groups in total. The lowest BCUT2D eigenvalue weighted by atomic mass is 9.85. The van der Waals surface area contributed by atoms with Crippen LogP contribution in [0.25, 0.3) is 22.3 Å². The van der Waals surface area contributed by atoms with Gasteiger partial charge in [0.15, 0.2) is 0 Å². The minimum atomic E-state index is -0.250. The highest BCUT2D eigenvalue weighted by Gasteiger charge is 2.25. The number of likely N-dealkylation sites (tertiary alicyclic amines) is 1. The standard InChI is InChI=1S/C39H42FNO/c1-27-12-18-36(29(3)24-27)38-11-6-9-31-25-32(35-10-5-4-8-28(35)2)15-19-37(31)39(38)30-13-16-33(17-14-30)42-34-20-23-41(26-34)22-7-21-40/h4-5,8,10,12-19,24-25,34H,6-7,9,11,20-23,26H2,1-3H3. The van der Waals surface area contributed by atoms with E-state index in [4.69, 9.17) is 4.74 Å². The summed E-state index contributed by atoms with van der Waals surface area (Å²) in [6.45, 7) is 9.04. The van der Waals surface area contributed by atoms with Gasteiger partial charge in [-0.3, -0.25) is 9.29 Å².